The van der Waals surface area contributed by atoms with Crippen LogP contribution in [-0.2, 0) is 14.8 Å². The summed E-state index contributed by atoms with van der Waals surface area (Å²) in [5, 5.41) is 8.77. The van der Waals surface area contributed by atoms with Gasteiger partial charge >= 0.3 is 0 Å². The predicted octanol–water partition coefficient (Wildman–Crippen LogP) is 0.831. The molecule has 160 valence electrons. The highest BCUT2D eigenvalue weighted by Gasteiger charge is 2.24. The predicted molar refractivity (Wildman–Crippen MR) is 114 cm³/mol. The van der Waals surface area contributed by atoms with Gasteiger partial charge in [0.15, 0.2) is 5.84 Å². The second kappa shape index (κ2) is 8.82. The van der Waals surface area contributed by atoms with Gasteiger partial charge in [-0.1, -0.05) is 24.3 Å². The topological polar surface area (TPSA) is 154 Å². The summed E-state index contributed by atoms with van der Waals surface area (Å²) in [4.78, 5) is 14.4. The highest BCUT2D eigenvalue weighted by molar-refractivity contribution is 7.89. The molecule has 6 N–H and O–H groups in total. The highest BCUT2D eigenvalue weighted by Crippen LogP contribution is 2.29. The summed E-state index contributed by atoms with van der Waals surface area (Å²) in [6.07, 6.45) is 1.61. The number of amides is 1. The summed E-state index contributed by atoms with van der Waals surface area (Å²) in [7, 11) is -2.26. The molecule has 3 rings (SSSR count). The maximum atomic E-state index is 12.8. The second-order valence-electron chi connectivity index (χ2n) is 7.08. The van der Waals surface area contributed by atoms with E-state index in [-0.39, 0.29) is 28.2 Å². The van der Waals surface area contributed by atoms with Crippen molar-refractivity contribution in [3.8, 4) is 11.1 Å². The molecule has 1 heterocycles. The van der Waals surface area contributed by atoms with Crippen molar-refractivity contribution in [3.63, 3.8) is 0 Å². The Bertz CT molecular complexity index is 1060. The first-order valence-electron chi connectivity index (χ1n) is 9.39. The molecule has 1 saturated heterocycles. The van der Waals surface area contributed by atoms with E-state index >= 15 is 0 Å². The van der Waals surface area contributed by atoms with Gasteiger partial charge in [-0.25, -0.2) is 13.6 Å². The zero-order chi connectivity index (χ0) is 21.9. The Hall–Kier alpha value is -2.95. The van der Waals surface area contributed by atoms with Crippen LogP contribution in [0.25, 0.3) is 11.1 Å². The number of benzene rings is 2. The second-order valence-corrected chi connectivity index (χ2v) is 8.60. The van der Waals surface area contributed by atoms with E-state index < -0.39 is 10.0 Å². The number of ether oxygens (including phenoxy) is 1. The van der Waals surface area contributed by atoms with E-state index in [1.165, 1.54) is 6.07 Å². The van der Waals surface area contributed by atoms with Crippen molar-refractivity contribution < 1.29 is 17.9 Å². The van der Waals surface area contributed by atoms with Crippen molar-refractivity contribution in [2.45, 2.75) is 23.8 Å². The first-order valence-corrected chi connectivity index (χ1v) is 10.9. The molecular weight excluding hydrogens is 406 g/mol. The molecule has 9 nitrogen and oxygen atoms in total. The van der Waals surface area contributed by atoms with Crippen LogP contribution in [-0.4, -0.2) is 51.4 Å². The van der Waals surface area contributed by atoms with E-state index in [0.717, 1.165) is 12.8 Å². The van der Waals surface area contributed by atoms with Gasteiger partial charge in [-0.3, -0.25) is 4.79 Å². The number of rotatable bonds is 5. The fourth-order valence-corrected chi connectivity index (χ4v) is 4.34. The van der Waals surface area contributed by atoms with E-state index in [1.807, 2.05) is 0 Å². The third-order valence-corrected chi connectivity index (χ3v) is 6.18. The lowest BCUT2D eigenvalue weighted by Gasteiger charge is -2.31. The molecule has 0 atom stereocenters. The van der Waals surface area contributed by atoms with E-state index in [9.17, 15) is 13.2 Å². The Balaban J connectivity index is 1.96. The van der Waals surface area contributed by atoms with Crippen molar-refractivity contribution in [1.82, 2.24) is 4.90 Å². The molecule has 2 aromatic rings. The molecule has 0 saturated carbocycles. The summed E-state index contributed by atoms with van der Waals surface area (Å²) >= 11 is 0. The fourth-order valence-electron chi connectivity index (χ4n) is 3.57. The number of hydrogen-bond acceptors (Lipinski definition) is 6. The quantitative estimate of drug-likeness (QED) is 0.276. The van der Waals surface area contributed by atoms with Crippen LogP contribution in [0.2, 0.25) is 0 Å². The lowest BCUT2D eigenvalue weighted by atomic mass is 9.97. The van der Waals surface area contributed by atoms with Crippen LogP contribution in [0.15, 0.2) is 52.5 Å². The molecule has 1 fully saturated rings. The smallest absolute Gasteiger partial charge is 0.253 e. The maximum absolute atomic E-state index is 12.8. The van der Waals surface area contributed by atoms with Crippen LogP contribution in [0.5, 0.6) is 0 Å². The SMILES string of the molecule is CN(C(=O)c1ccc(-c2cccc(S(N)(=O)=O)c2C(N)=NN)cc1)C1CCOCC1. The van der Waals surface area contributed by atoms with Crippen LogP contribution in [0, 0.1) is 0 Å². The lowest BCUT2D eigenvalue weighted by Crippen LogP contribution is -2.40. The Morgan fingerprint density at radius 1 is 1.13 bits per heavy atom. The molecule has 10 heteroatoms. The monoisotopic (exact) mass is 431 g/mol. The van der Waals surface area contributed by atoms with Gasteiger partial charge in [0.1, 0.15) is 0 Å². The Kier molecular flexibility index (Phi) is 6.40. The number of hydrazone groups is 1. The summed E-state index contributed by atoms with van der Waals surface area (Å²) < 4.78 is 29.3. The number of sulfonamides is 1. The molecule has 30 heavy (non-hydrogen) atoms. The van der Waals surface area contributed by atoms with Crippen molar-refractivity contribution in [3.05, 3.63) is 53.6 Å². The molecule has 0 aromatic heterocycles. The number of hydrogen-bond donors (Lipinski definition) is 3. The maximum Gasteiger partial charge on any atom is 0.253 e. The zero-order valence-electron chi connectivity index (χ0n) is 16.6. The minimum atomic E-state index is -4.05. The van der Waals surface area contributed by atoms with Crippen LogP contribution < -0.4 is 16.7 Å². The molecule has 1 aliphatic heterocycles. The fraction of sp³-hybridized carbons (Fsp3) is 0.300. The van der Waals surface area contributed by atoms with E-state index in [4.69, 9.17) is 21.5 Å². The molecule has 2 aromatic carbocycles. The van der Waals surface area contributed by atoms with Crippen molar-refractivity contribution in [1.29, 1.82) is 0 Å². The first kappa shape index (κ1) is 21.8. The standard InChI is InChI=1S/C20H25N5O4S/c1-25(15-9-11-29-12-10-15)20(26)14-7-5-13(6-8-14)16-3-2-4-17(30(23,27)28)18(16)19(21)24-22/h2-8,15H,9-12,22H2,1H3,(H2,21,24)(H2,23,27,28). The van der Waals surface area contributed by atoms with Crippen LogP contribution in [0.3, 0.4) is 0 Å². The number of nitrogens with zero attached hydrogens (tertiary/aromatic N) is 2. The number of amidine groups is 1. The summed E-state index contributed by atoms with van der Waals surface area (Å²) in [5.74, 6) is 5.05. The zero-order valence-corrected chi connectivity index (χ0v) is 17.4. The van der Waals surface area contributed by atoms with Crippen LogP contribution in [0.4, 0.5) is 0 Å². The molecule has 0 bridgehead atoms. The average molecular weight is 432 g/mol. The van der Waals surface area contributed by atoms with Crippen LogP contribution in [0.1, 0.15) is 28.8 Å². The van der Waals surface area contributed by atoms with Crippen LogP contribution >= 0.6 is 0 Å². The number of nitrogens with two attached hydrogens (primary N) is 3. The minimum absolute atomic E-state index is 0.0880. The molecule has 0 aliphatic carbocycles. The Labute approximate surface area is 175 Å². The molecule has 0 radical (unpaired) electrons. The summed E-state index contributed by atoms with van der Waals surface area (Å²) in [5.41, 5.74) is 7.65. The Morgan fingerprint density at radius 2 is 1.77 bits per heavy atom. The van der Waals surface area contributed by atoms with Gasteiger partial charge in [-0.2, -0.15) is 5.10 Å². The van der Waals surface area contributed by atoms with Gasteiger partial charge in [0.25, 0.3) is 5.91 Å². The van der Waals surface area contributed by atoms with E-state index in [1.54, 1.807) is 48.3 Å². The number of primary sulfonamides is 1. The Morgan fingerprint density at radius 3 is 2.33 bits per heavy atom. The molecule has 0 spiro atoms. The third-order valence-electron chi connectivity index (χ3n) is 5.23. The first-order chi connectivity index (χ1) is 14.2. The van der Waals surface area contributed by atoms with Gasteiger partial charge < -0.3 is 21.2 Å². The minimum Gasteiger partial charge on any atom is -0.382 e. The summed E-state index contributed by atoms with van der Waals surface area (Å²) in [6, 6.07) is 11.6. The number of carbonyl (C=O) groups is 1. The molecule has 0 unspecified atom stereocenters. The molecular formula is C20H25N5O4S. The normalized spacial score (nSPS) is 15.7. The largest absolute Gasteiger partial charge is 0.382 e. The van der Waals surface area contributed by atoms with Gasteiger partial charge in [-0.15, -0.1) is 0 Å². The van der Waals surface area contributed by atoms with Gasteiger partial charge in [0, 0.05) is 37.4 Å². The van der Waals surface area contributed by atoms with Crippen molar-refractivity contribution in [2.24, 2.45) is 21.8 Å². The van der Waals surface area contributed by atoms with Gasteiger partial charge in [0.2, 0.25) is 10.0 Å². The average Bonchev–Trinajstić information content (AvgIpc) is 2.77. The van der Waals surface area contributed by atoms with Crippen molar-refractivity contribution >= 4 is 21.8 Å². The van der Waals surface area contributed by atoms with E-state index in [0.29, 0.717) is 29.9 Å². The third kappa shape index (κ3) is 4.45. The lowest BCUT2D eigenvalue weighted by molar-refractivity contribution is 0.0362. The van der Waals surface area contributed by atoms with E-state index in [2.05, 4.69) is 5.10 Å². The summed E-state index contributed by atoms with van der Waals surface area (Å²) in [6.45, 7) is 1.29. The highest BCUT2D eigenvalue weighted by atomic mass is 32.2. The van der Waals surface area contributed by atoms with Gasteiger partial charge in [-0.05, 0) is 42.2 Å². The molecule has 1 aliphatic rings. The molecule has 1 amide bonds. The van der Waals surface area contributed by atoms with Crippen molar-refractivity contribution in [2.75, 3.05) is 20.3 Å². The number of carbonyl (C=O) groups excluding carboxylic acids is 1. The van der Waals surface area contributed by atoms with Gasteiger partial charge in [0.05, 0.1) is 4.90 Å².